The number of hydrogen-bond donors (Lipinski definition) is 1. The topological polar surface area (TPSA) is 21.8 Å². The normalized spacial score (nSPS) is 21.5. The molecular weight excluding hydrogens is 280 g/mol. The Bertz CT molecular complexity index is 459. The van der Waals surface area contributed by atoms with Crippen LogP contribution in [0.1, 0.15) is 12.5 Å². The van der Waals surface area contributed by atoms with Gasteiger partial charge < -0.3 is 9.80 Å². The second kappa shape index (κ2) is 7.01. The number of likely N-dealkylation sites (N-methyl/N-ethyl adjacent to an activating group) is 1. The highest BCUT2D eigenvalue weighted by Crippen LogP contribution is 2.29. The van der Waals surface area contributed by atoms with Crippen molar-refractivity contribution in [2.75, 3.05) is 51.2 Å². The van der Waals surface area contributed by atoms with Gasteiger partial charge in [0, 0.05) is 63.1 Å². The second-order valence-corrected chi connectivity index (χ2v) is 7.08. The molecule has 3 rings (SSSR count). The molecule has 1 saturated heterocycles. The van der Waals surface area contributed by atoms with E-state index in [1.807, 2.05) is 0 Å². The van der Waals surface area contributed by atoms with Crippen molar-refractivity contribution in [1.29, 1.82) is 0 Å². The first-order valence-electron chi connectivity index (χ1n) is 7.92. The molecule has 21 heavy (non-hydrogen) atoms. The SMILES string of the molecule is CC(CNSN1CCN(C)CC1)N1CCc2ccccc21. The van der Waals surface area contributed by atoms with Gasteiger partial charge in [-0.25, -0.2) is 9.03 Å². The molecule has 0 radical (unpaired) electrons. The molecule has 0 amide bonds. The minimum absolute atomic E-state index is 0.536. The van der Waals surface area contributed by atoms with Crippen molar-refractivity contribution < 1.29 is 0 Å². The van der Waals surface area contributed by atoms with Gasteiger partial charge >= 0.3 is 0 Å². The van der Waals surface area contributed by atoms with Gasteiger partial charge in [-0.1, -0.05) is 18.2 Å². The molecule has 1 aromatic carbocycles. The third-order valence-electron chi connectivity index (χ3n) is 4.49. The Kier molecular flexibility index (Phi) is 5.06. The van der Waals surface area contributed by atoms with Crippen molar-refractivity contribution in [3.8, 4) is 0 Å². The summed E-state index contributed by atoms with van der Waals surface area (Å²) in [6, 6.07) is 9.35. The lowest BCUT2D eigenvalue weighted by Gasteiger charge is -2.32. The highest BCUT2D eigenvalue weighted by molar-refractivity contribution is 7.95. The van der Waals surface area contributed by atoms with Crippen LogP contribution in [-0.4, -0.2) is 61.6 Å². The number of benzene rings is 1. The van der Waals surface area contributed by atoms with Crippen LogP contribution in [0, 0.1) is 0 Å². The molecule has 1 atom stereocenters. The van der Waals surface area contributed by atoms with E-state index in [2.05, 4.69) is 57.1 Å². The number of fused-ring (bicyclic) bond motifs is 1. The summed E-state index contributed by atoms with van der Waals surface area (Å²) in [5.74, 6) is 0. The fraction of sp³-hybridized carbons (Fsp3) is 0.625. The van der Waals surface area contributed by atoms with Gasteiger partial charge in [0.15, 0.2) is 0 Å². The molecule has 116 valence electrons. The summed E-state index contributed by atoms with van der Waals surface area (Å²) < 4.78 is 5.99. The van der Waals surface area contributed by atoms with Gasteiger partial charge in [-0.05, 0) is 32.0 Å². The minimum atomic E-state index is 0.536. The van der Waals surface area contributed by atoms with E-state index < -0.39 is 0 Å². The Hall–Kier alpha value is -0.750. The first-order chi connectivity index (χ1) is 10.2. The van der Waals surface area contributed by atoms with E-state index in [4.69, 9.17) is 0 Å². The minimum Gasteiger partial charge on any atom is -0.367 e. The van der Waals surface area contributed by atoms with Crippen molar-refractivity contribution in [3.63, 3.8) is 0 Å². The molecule has 0 spiro atoms. The van der Waals surface area contributed by atoms with Crippen molar-refractivity contribution in [2.24, 2.45) is 0 Å². The van der Waals surface area contributed by atoms with Gasteiger partial charge in [0.05, 0.1) is 0 Å². The molecule has 4 nitrogen and oxygen atoms in total. The molecule has 1 unspecified atom stereocenters. The monoisotopic (exact) mass is 306 g/mol. The third kappa shape index (κ3) is 3.72. The van der Waals surface area contributed by atoms with E-state index in [9.17, 15) is 0 Å². The summed E-state index contributed by atoms with van der Waals surface area (Å²) in [6.07, 6.45) is 1.19. The van der Waals surface area contributed by atoms with E-state index in [-0.39, 0.29) is 0 Å². The molecule has 5 heteroatoms. The molecule has 2 heterocycles. The Morgan fingerprint density at radius 1 is 1.14 bits per heavy atom. The predicted octanol–water partition coefficient (Wildman–Crippen LogP) is 1.84. The molecule has 0 bridgehead atoms. The molecule has 1 aromatic rings. The third-order valence-corrected chi connectivity index (χ3v) is 5.41. The average molecular weight is 306 g/mol. The van der Waals surface area contributed by atoms with Crippen molar-refractivity contribution in [3.05, 3.63) is 29.8 Å². The van der Waals surface area contributed by atoms with Crippen LogP contribution in [0.5, 0.6) is 0 Å². The Morgan fingerprint density at radius 3 is 2.71 bits per heavy atom. The maximum absolute atomic E-state index is 3.56. The van der Waals surface area contributed by atoms with E-state index in [1.54, 1.807) is 12.1 Å². The molecular formula is C16H26N4S. The number of anilines is 1. The first-order valence-corrected chi connectivity index (χ1v) is 8.69. The Morgan fingerprint density at radius 2 is 1.90 bits per heavy atom. The largest absolute Gasteiger partial charge is 0.367 e. The summed E-state index contributed by atoms with van der Waals surface area (Å²) in [5.41, 5.74) is 2.92. The quantitative estimate of drug-likeness (QED) is 0.836. The number of piperazine rings is 1. The van der Waals surface area contributed by atoms with Crippen LogP contribution in [0.4, 0.5) is 5.69 Å². The van der Waals surface area contributed by atoms with Crippen LogP contribution in [-0.2, 0) is 6.42 Å². The molecule has 2 aliphatic rings. The van der Waals surface area contributed by atoms with Crippen LogP contribution in [0.25, 0.3) is 0 Å². The van der Waals surface area contributed by atoms with Gasteiger partial charge in [0.25, 0.3) is 0 Å². The lowest BCUT2D eigenvalue weighted by atomic mass is 10.2. The summed E-state index contributed by atoms with van der Waals surface area (Å²) >= 11 is 1.80. The number of hydrogen-bond acceptors (Lipinski definition) is 5. The number of rotatable bonds is 5. The van der Waals surface area contributed by atoms with E-state index in [0.29, 0.717) is 6.04 Å². The van der Waals surface area contributed by atoms with Crippen molar-refractivity contribution in [1.82, 2.24) is 13.9 Å². The highest BCUT2D eigenvalue weighted by atomic mass is 32.2. The first kappa shape index (κ1) is 15.2. The fourth-order valence-corrected chi connectivity index (χ4v) is 3.90. The van der Waals surface area contributed by atoms with Gasteiger partial charge in [-0.2, -0.15) is 0 Å². The van der Waals surface area contributed by atoms with Gasteiger partial charge in [0.1, 0.15) is 0 Å². The van der Waals surface area contributed by atoms with E-state index in [0.717, 1.165) is 26.2 Å². The summed E-state index contributed by atoms with van der Waals surface area (Å²) in [5, 5.41) is 0. The summed E-state index contributed by atoms with van der Waals surface area (Å²) in [7, 11) is 2.20. The maximum atomic E-state index is 3.56. The van der Waals surface area contributed by atoms with E-state index in [1.165, 1.54) is 30.8 Å². The highest BCUT2D eigenvalue weighted by Gasteiger charge is 2.23. The average Bonchev–Trinajstić information content (AvgIpc) is 2.93. The van der Waals surface area contributed by atoms with Crippen molar-refractivity contribution >= 4 is 17.8 Å². The number of nitrogens with one attached hydrogen (secondary N) is 1. The molecule has 0 saturated carbocycles. The molecule has 1 N–H and O–H groups in total. The molecule has 0 aliphatic carbocycles. The lowest BCUT2D eigenvalue weighted by molar-refractivity contribution is 0.232. The van der Waals surface area contributed by atoms with Crippen LogP contribution < -0.4 is 9.62 Å². The second-order valence-electron chi connectivity index (χ2n) is 6.09. The zero-order valence-electron chi connectivity index (χ0n) is 13.1. The number of nitrogens with zero attached hydrogens (tertiary/aromatic N) is 3. The fourth-order valence-electron chi connectivity index (χ4n) is 3.06. The summed E-state index contributed by atoms with van der Waals surface area (Å²) in [6.45, 7) is 9.13. The molecule has 2 aliphatic heterocycles. The number of para-hydroxylation sites is 1. The zero-order valence-corrected chi connectivity index (χ0v) is 13.9. The Labute approximate surface area is 132 Å². The van der Waals surface area contributed by atoms with Gasteiger partial charge in [-0.3, -0.25) is 0 Å². The van der Waals surface area contributed by atoms with Gasteiger partial charge in [-0.15, -0.1) is 0 Å². The maximum Gasteiger partial charge on any atom is 0.0402 e. The zero-order chi connectivity index (χ0) is 14.7. The predicted molar refractivity (Wildman–Crippen MR) is 91.6 cm³/mol. The van der Waals surface area contributed by atoms with Crippen molar-refractivity contribution in [2.45, 2.75) is 19.4 Å². The molecule has 0 aromatic heterocycles. The van der Waals surface area contributed by atoms with Gasteiger partial charge in [0.2, 0.25) is 0 Å². The van der Waals surface area contributed by atoms with Crippen LogP contribution in [0.2, 0.25) is 0 Å². The smallest absolute Gasteiger partial charge is 0.0402 e. The summed E-state index contributed by atoms with van der Waals surface area (Å²) in [4.78, 5) is 4.92. The molecule has 1 fully saturated rings. The van der Waals surface area contributed by atoms with Crippen LogP contribution in [0.15, 0.2) is 24.3 Å². The van der Waals surface area contributed by atoms with E-state index >= 15 is 0 Å². The lowest BCUT2D eigenvalue weighted by Crippen LogP contribution is -2.43. The standard InChI is InChI=1S/C16H26N4S/c1-14(13-17-21-19-11-9-18(2)10-12-19)20-8-7-15-5-3-4-6-16(15)20/h3-6,14,17H,7-13H2,1-2H3. The van der Waals surface area contributed by atoms with Crippen LogP contribution in [0.3, 0.4) is 0 Å². The Balaban J connectivity index is 1.44. The van der Waals surface area contributed by atoms with Crippen LogP contribution >= 0.6 is 12.1 Å².